The minimum Gasteiger partial charge on any atom is -0.348 e. The summed E-state index contributed by atoms with van der Waals surface area (Å²) in [6.45, 7) is 0. The van der Waals surface area contributed by atoms with E-state index in [-0.39, 0.29) is 11.9 Å². The summed E-state index contributed by atoms with van der Waals surface area (Å²) in [5.74, 6) is -0.0407. The minimum atomic E-state index is -0.0407. The number of rotatable bonds is 5. The van der Waals surface area contributed by atoms with Crippen molar-refractivity contribution in [3.63, 3.8) is 0 Å². The largest absolute Gasteiger partial charge is 0.348 e. The topological polar surface area (TPSA) is 29.1 Å². The fraction of sp³-hybridized carbons (Fsp3) is 0.188. The molecule has 0 radical (unpaired) electrons. The summed E-state index contributed by atoms with van der Waals surface area (Å²) in [6.07, 6.45) is 0.808. The maximum Gasteiger partial charge on any atom is 0.252 e. The van der Waals surface area contributed by atoms with Crippen molar-refractivity contribution in [2.75, 3.05) is 5.33 Å². The number of carbonyl (C=O) groups excluding carboxylic acids is 1. The Hall–Kier alpha value is -0.400. The van der Waals surface area contributed by atoms with Crippen LogP contribution in [-0.4, -0.2) is 17.3 Å². The van der Waals surface area contributed by atoms with Gasteiger partial charge < -0.3 is 5.32 Å². The zero-order chi connectivity index (χ0) is 15.2. The van der Waals surface area contributed by atoms with Gasteiger partial charge in [0.05, 0.1) is 5.56 Å². The summed E-state index contributed by atoms with van der Waals surface area (Å²) in [6, 6.07) is 16.0. The summed E-state index contributed by atoms with van der Waals surface area (Å²) in [4.78, 5) is 12.4. The van der Waals surface area contributed by atoms with Crippen LogP contribution in [0, 0.1) is 3.57 Å². The molecule has 2 rings (SSSR count). The molecule has 2 aromatic carbocycles. The van der Waals surface area contributed by atoms with Gasteiger partial charge in [0.25, 0.3) is 5.91 Å². The van der Waals surface area contributed by atoms with Crippen molar-refractivity contribution >= 4 is 60.4 Å². The lowest BCUT2D eigenvalue weighted by Crippen LogP contribution is -2.38. The van der Waals surface area contributed by atoms with Crippen molar-refractivity contribution in [3.8, 4) is 0 Å². The smallest absolute Gasteiger partial charge is 0.252 e. The molecule has 1 N–H and O–H groups in total. The van der Waals surface area contributed by atoms with E-state index >= 15 is 0 Å². The van der Waals surface area contributed by atoms with Crippen LogP contribution in [0.1, 0.15) is 15.9 Å². The van der Waals surface area contributed by atoms with Crippen LogP contribution < -0.4 is 5.32 Å². The SMILES string of the molecule is O=C(NC(CBr)Cc1ccccc1)c1cc(Br)ccc1I. The number of hydrogen-bond donors (Lipinski definition) is 1. The number of nitrogens with one attached hydrogen (secondary N) is 1. The Morgan fingerprint density at radius 1 is 1.19 bits per heavy atom. The van der Waals surface area contributed by atoms with Crippen LogP contribution in [0.15, 0.2) is 53.0 Å². The Kier molecular flexibility index (Phi) is 6.70. The summed E-state index contributed by atoms with van der Waals surface area (Å²) in [7, 11) is 0. The maximum atomic E-state index is 12.4. The van der Waals surface area contributed by atoms with Crippen molar-refractivity contribution in [1.82, 2.24) is 5.32 Å². The zero-order valence-electron chi connectivity index (χ0n) is 11.2. The van der Waals surface area contributed by atoms with Crippen molar-refractivity contribution in [2.45, 2.75) is 12.5 Å². The minimum absolute atomic E-state index is 0.0407. The van der Waals surface area contributed by atoms with E-state index in [1.807, 2.05) is 36.4 Å². The Labute approximate surface area is 155 Å². The van der Waals surface area contributed by atoms with Gasteiger partial charge in [-0.2, -0.15) is 0 Å². The fourth-order valence-corrected chi connectivity index (χ4v) is 3.31. The zero-order valence-corrected chi connectivity index (χ0v) is 16.5. The molecule has 2 nitrogen and oxygen atoms in total. The number of halogens is 3. The highest BCUT2D eigenvalue weighted by Gasteiger charge is 2.15. The molecule has 0 aliphatic heterocycles. The summed E-state index contributed by atoms with van der Waals surface area (Å²) in [5.41, 5.74) is 1.91. The van der Waals surface area contributed by atoms with Crippen molar-refractivity contribution in [1.29, 1.82) is 0 Å². The van der Waals surface area contributed by atoms with E-state index < -0.39 is 0 Å². The van der Waals surface area contributed by atoms with Crippen molar-refractivity contribution < 1.29 is 4.79 Å². The Bertz CT molecular complexity index is 619. The molecule has 0 bridgehead atoms. The lowest BCUT2D eigenvalue weighted by Gasteiger charge is -2.17. The average Bonchev–Trinajstić information content (AvgIpc) is 2.50. The van der Waals surface area contributed by atoms with Gasteiger partial charge in [-0.1, -0.05) is 62.2 Å². The molecule has 0 saturated carbocycles. The molecule has 0 aromatic heterocycles. The van der Waals surface area contributed by atoms with Gasteiger partial charge in [0.1, 0.15) is 0 Å². The predicted octanol–water partition coefficient (Wildman–Crippen LogP) is 4.79. The van der Waals surface area contributed by atoms with E-state index in [1.165, 1.54) is 5.56 Å². The second-order valence-corrected chi connectivity index (χ2v) is 7.36. The Balaban J connectivity index is 2.07. The van der Waals surface area contributed by atoms with Gasteiger partial charge >= 0.3 is 0 Å². The van der Waals surface area contributed by atoms with Crippen molar-refractivity contribution in [2.24, 2.45) is 0 Å². The van der Waals surface area contributed by atoms with E-state index in [1.54, 1.807) is 0 Å². The molecule has 0 saturated heterocycles. The summed E-state index contributed by atoms with van der Waals surface area (Å²) in [5, 5.41) is 3.81. The van der Waals surface area contributed by atoms with Crippen LogP contribution in [0.2, 0.25) is 0 Å². The van der Waals surface area contributed by atoms with E-state index in [9.17, 15) is 4.79 Å². The molecule has 0 spiro atoms. The highest BCUT2D eigenvalue weighted by atomic mass is 127. The van der Waals surface area contributed by atoms with E-state index in [2.05, 4.69) is 71.9 Å². The standard InChI is InChI=1S/C16H14Br2INO/c17-10-13(8-11-4-2-1-3-5-11)20-16(21)14-9-12(18)6-7-15(14)19/h1-7,9,13H,8,10H2,(H,20,21). The lowest BCUT2D eigenvalue weighted by atomic mass is 10.1. The molecule has 0 heterocycles. The first-order valence-electron chi connectivity index (χ1n) is 6.46. The first-order valence-corrected chi connectivity index (χ1v) is 9.45. The molecule has 5 heteroatoms. The normalized spacial score (nSPS) is 12.0. The van der Waals surface area contributed by atoms with Gasteiger partial charge in [-0.3, -0.25) is 4.79 Å². The highest BCUT2D eigenvalue weighted by Crippen LogP contribution is 2.18. The number of hydrogen-bond acceptors (Lipinski definition) is 1. The second-order valence-electron chi connectivity index (χ2n) is 4.64. The molecular weight excluding hydrogens is 509 g/mol. The van der Waals surface area contributed by atoms with Gasteiger partial charge in [0.2, 0.25) is 0 Å². The summed E-state index contributed by atoms with van der Waals surface area (Å²) >= 11 is 9.07. The molecular formula is C16H14Br2INO. The van der Waals surface area contributed by atoms with Crippen LogP contribution in [0.4, 0.5) is 0 Å². The van der Waals surface area contributed by atoms with Gasteiger partial charge in [0, 0.05) is 19.4 Å². The van der Waals surface area contributed by atoms with Crippen molar-refractivity contribution in [3.05, 3.63) is 67.7 Å². The molecule has 0 aliphatic rings. The van der Waals surface area contributed by atoms with Crippen LogP contribution in [-0.2, 0) is 6.42 Å². The van der Waals surface area contributed by atoms with Gasteiger partial charge in [-0.15, -0.1) is 0 Å². The molecule has 1 unspecified atom stereocenters. The van der Waals surface area contributed by atoms with Gasteiger partial charge in [0.15, 0.2) is 0 Å². The molecule has 21 heavy (non-hydrogen) atoms. The highest BCUT2D eigenvalue weighted by molar-refractivity contribution is 14.1. The second kappa shape index (κ2) is 8.29. The van der Waals surface area contributed by atoms with E-state index in [0.29, 0.717) is 5.56 Å². The van der Waals surface area contributed by atoms with Crippen LogP contribution in [0.5, 0.6) is 0 Å². The monoisotopic (exact) mass is 521 g/mol. The first kappa shape index (κ1) is 17.0. The van der Waals surface area contributed by atoms with Gasteiger partial charge in [-0.25, -0.2) is 0 Å². The number of benzene rings is 2. The van der Waals surface area contributed by atoms with E-state index in [4.69, 9.17) is 0 Å². The third kappa shape index (κ3) is 5.07. The molecule has 110 valence electrons. The summed E-state index contributed by atoms with van der Waals surface area (Å²) < 4.78 is 1.85. The van der Waals surface area contributed by atoms with Crippen LogP contribution in [0.3, 0.4) is 0 Å². The predicted molar refractivity (Wildman–Crippen MR) is 102 cm³/mol. The lowest BCUT2D eigenvalue weighted by molar-refractivity contribution is 0.0940. The first-order chi connectivity index (χ1) is 10.1. The number of alkyl halides is 1. The van der Waals surface area contributed by atoms with E-state index in [0.717, 1.165) is 19.8 Å². The maximum absolute atomic E-state index is 12.4. The quantitative estimate of drug-likeness (QED) is 0.444. The third-order valence-corrected chi connectivity index (χ3v) is 5.23. The molecule has 1 amide bonds. The van der Waals surface area contributed by atoms with Crippen LogP contribution >= 0.6 is 54.5 Å². The number of carbonyl (C=O) groups is 1. The van der Waals surface area contributed by atoms with Crippen LogP contribution in [0.25, 0.3) is 0 Å². The molecule has 0 aliphatic carbocycles. The fourth-order valence-electron chi connectivity index (χ4n) is 1.98. The average molecular weight is 523 g/mol. The molecule has 0 fully saturated rings. The Morgan fingerprint density at radius 2 is 1.90 bits per heavy atom. The third-order valence-electron chi connectivity index (χ3n) is 3.02. The molecule has 2 aromatic rings. The molecule has 1 atom stereocenters. The Morgan fingerprint density at radius 3 is 2.57 bits per heavy atom. The number of amides is 1. The van der Waals surface area contributed by atoms with Gasteiger partial charge in [-0.05, 0) is 52.8 Å².